The minimum absolute atomic E-state index is 0.207. The van der Waals surface area contributed by atoms with Crippen LogP contribution in [0, 0.1) is 6.92 Å². The van der Waals surface area contributed by atoms with Gasteiger partial charge in [0.15, 0.2) is 11.5 Å². The second-order valence-corrected chi connectivity index (χ2v) is 6.38. The van der Waals surface area contributed by atoms with Crippen LogP contribution in [0.5, 0.6) is 11.5 Å². The molecule has 7 heteroatoms. The number of ether oxygens (including phenoxy) is 2. The van der Waals surface area contributed by atoms with Crippen LogP contribution in [0.15, 0.2) is 54.6 Å². The number of carbonyl (C=O) groups excluding carboxylic acids is 1. The largest absolute Gasteiger partial charge is 0.497 e. The summed E-state index contributed by atoms with van der Waals surface area (Å²) in [6.07, 6.45) is 0. The van der Waals surface area contributed by atoms with Gasteiger partial charge in [-0.15, -0.1) is 10.2 Å². The lowest BCUT2D eigenvalue weighted by atomic mass is 10.2. The van der Waals surface area contributed by atoms with Crippen molar-refractivity contribution in [3.63, 3.8) is 0 Å². The molecule has 3 aromatic rings. The number of anilines is 3. The van der Waals surface area contributed by atoms with Crippen LogP contribution in [0.3, 0.4) is 0 Å². The molecule has 0 aliphatic carbocycles. The van der Waals surface area contributed by atoms with Crippen LogP contribution in [0.25, 0.3) is 0 Å². The van der Waals surface area contributed by atoms with E-state index in [2.05, 4.69) is 21.6 Å². The first-order valence-electron chi connectivity index (χ1n) is 9.27. The molecule has 0 aliphatic rings. The van der Waals surface area contributed by atoms with Gasteiger partial charge in [-0.25, -0.2) is 0 Å². The zero-order chi connectivity index (χ0) is 20.8. The average molecular weight is 392 g/mol. The van der Waals surface area contributed by atoms with E-state index in [4.69, 9.17) is 9.47 Å². The number of nitrogens with zero attached hydrogens (tertiary/aromatic N) is 3. The van der Waals surface area contributed by atoms with Crippen LogP contribution in [-0.2, 0) is 0 Å². The van der Waals surface area contributed by atoms with Crippen molar-refractivity contribution in [1.29, 1.82) is 0 Å². The highest BCUT2D eigenvalue weighted by Gasteiger charge is 2.15. The number of aryl methyl sites for hydroxylation is 1. The van der Waals surface area contributed by atoms with Gasteiger partial charge in [-0.05, 0) is 55.8 Å². The lowest BCUT2D eigenvalue weighted by molar-refractivity contribution is 0.102. The van der Waals surface area contributed by atoms with Gasteiger partial charge in [0.25, 0.3) is 5.91 Å². The van der Waals surface area contributed by atoms with Gasteiger partial charge in [-0.1, -0.05) is 12.1 Å². The first-order valence-corrected chi connectivity index (χ1v) is 9.27. The number of nitrogens with one attached hydrogen (secondary N) is 1. The van der Waals surface area contributed by atoms with E-state index in [1.165, 1.54) is 7.11 Å². The highest BCUT2D eigenvalue weighted by molar-refractivity contribution is 6.03. The van der Waals surface area contributed by atoms with Crippen molar-refractivity contribution in [3.05, 3.63) is 65.9 Å². The number of methoxy groups -OCH3 is 2. The van der Waals surface area contributed by atoms with Crippen molar-refractivity contribution in [2.45, 2.75) is 13.8 Å². The van der Waals surface area contributed by atoms with Crippen molar-refractivity contribution in [3.8, 4) is 11.5 Å². The standard InChI is InChI=1S/C22H24N4O3/c1-5-26(16-8-6-7-15(2)13-16)21-12-10-18(24-25-21)22(27)23-19-14-17(28-3)9-11-20(19)29-4/h6-14H,5H2,1-4H3,(H,23,27). The van der Waals surface area contributed by atoms with E-state index in [-0.39, 0.29) is 11.6 Å². The van der Waals surface area contributed by atoms with Gasteiger partial charge >= 0.3 is 0 Å². The maximum atomic E-state index is 12.6. The summed E-state index contributed by atoms with van der Waals surface area (Å²) in [5.41, 5.74) is 2.90. The molecule has 0 saturated carbocycles. The SMILES string of the molecule is CCN(c1cccc(C)c1)c1ccc(C(=O)Nc2cc(OC)ccc2OC)nn1. The third kappa shape index (κ3) is 4.63. The molecule has 7 nitrogen and oxygen atoms in total. The summed E-state index contributed by atoms with van der Waals surface area (Å²) in [5.74, 6) is 1.43. The summed E-state index contributed by atoms with van der Waals surface area (Å²) in [5, 5.41) is 11.2. The first-order chi connectivity index (χ1) is 14.0. The summed E-state index contributed by atoms with van der Waals surface area (Å²) in [7, 11) is 3.10. The lowest BCUT2D eigenvalue weighted by Gasteiger charge is -2.22. The molecule has 0 spiro atoms. The monoisotopic (exact) mass is 392 g/mol. The van der Waals surface area contributed by atoms with E-state index < -0.39 is 0 Å². The Balaban J connectivity index is 1.80. The molecule has 1 heterocycles. The molecule has 1 aromatic heterocycles. The molecular formula is C22H24N4O3. The van der Waals surface area contributed by atoms with Crippen LogP contribution in [-0.4, -0.2) is 36.9 Å². The minimum atomic E-state index is -0.380. The summed E-state index contributed by atoms with van der Waals surface area (Å²) >= 11 is 0. The van der Waals surface area contributed by atoms with Gasteiger partial charge in [0.2, 0.25) is 0 Å². The lowest BCUT2D eigenvalue weighted by Crippen LogP contribution is -2.20. The van der Waals surface area contributed by atoms with Gasteiger partial charge in [0, 0.05) is 18.3 Å². The molecule has 150 valence electrons. The Bertz CT molecular complexity index is 990. The van der Waals surface area contributed by atoms with Crippen LogP contribution >= 0.6 is 0 Å². The van der Waals surface area contributed by atoms with Crippen LogP contribution in [0.2, 0.25) is 0 Å². The molecule has 1 amide bonds. The predicted octanol–water partition coefficient (Wildman–Crippen LogP) is 4.21. The van der Waals surface area contributed by atoms with E-state index in [0.717, 1.165) is 17.8 Å². The van der Waals surface area contributed by atoms with Crippen molar-refractivity contribution in [1.82, 2.24) is 10.2 Å². The van der Waals surface area contributed by atoms with Crippen LogP contribution < -0.4 is 19.7 Å². The molecule has 2 aromatic carbocycles. The Hall–Kier alpha value is -3.61. The normalized spacial score (nSPS) is 10.3. The Labute approximate surface area is 170 Å². The van der Waals surface area contributed by atoms with E-state index in [0.29, 0.717) is 23.0 Å². The molecular weight excluding hydrogens is 368 g/mol. The molecule has 1 N–H and O–H groups in total. The second-order valence-electron chi connectivity index (χ2n) is 6.38. The quantitative estimate of drug-likeness (QED) is 0.649. The minimum Gasteiger partial charge on any atom is -0.497 e. The Morgan fingerprint density at radius 1 is 1.03 bits per heavy atom. The van der Waals surface area contributed by atoms with E-state index in [9.17, 15) is 4.79 Å². The average Bonchev–Trinajstić information content (AvgIpc) is 2.74. The zero-order valence-corrected chi connectivity index (χ0v) is 17.0. The summed E-state index contributed by atoms with van der Waals surface area (Å²) in [4.78, 5) is 14.7. The number of carbonyl (C=O) groups is 1. The smallest absolute Gasteiger partial charge is 0.276 e. The third-order valence-electron chi connectivity index (χ3n) is 4.44. The summed E-state index contributed by atoms with van der Waals surface area (Å²) < 4.78 is 10.5. The predicted molar refractivity (Wildman–Crippen MR) is 113 cm³/mol. The first kappa shape index (κ1) is 20.1. The van der Waals surface area contributed by atoms with Gasteiger partial charge in [-0.2, -0.15) is 0 Å². The van der Waals surface area contributed by atoms with Crippen molar-refractivity contribution >= 4 is 23.1 Å². The van der Waals surface area contributed by atoms with Crippen molar-refractivity contribution < 1.29 is 14.3 Å². The molecule has 29 heavy (non-hydrogen) atoms. The fraction of sp³-hybridized carbons (Fsp3) is 0.227. The third-order valence-corrected chi connectivity index (χ3v) is 4.44. The highest BCUT2D eigenvalue weighted by atomic mass is 16.5. The number of amides is 1. The van der Waals surface area contributed by atoms with Gasteiger partial charge in [-0.3, -0.25) is 4.79 Å². The maximum absolute atomic E-state index is 12.6. The highest BCUT2D eigenvalue weighted by Crippen LogP contribution is 2.29. The number of rotatable bonds is 7. The van der Waals surface area contributed by atoms with Crippen molar-refractivity contribution in [2.75, 3.05) is 31.0 Å². The summed E-state index contributed by atoms with van der Waals surface area (Å²) in [6.45, 7) is 4.81. The number of benzene rings is 2. The fourth-order valence-corrected chi connectivity index (χ4v) is 2.96. The molecule has 0 fully saturated rings. The van der Waals surface area contributed by atoms with Crippen LogP contribution in [0.4, 0.5) is 17.2 Å². The van der Waals surface area contributed by atoms with E-state index in [1.54, 1.807) is 37.4 Å². The molecule has 0 unspecified atom stereocenters. The van der Waals surface area contributed by atoms with Crippen molar-refractivity contribution in [2.24, 2.45) is 0 Å². The number of hydrogen-bond donors (Lipinski definition) is 1. The fourth-order valence-electron chi connectivity index (χ4n) is 2.96. The Morgan fingerprint density at radius 2 is 1.86 bits per heavy atom. The Kier molecular flexibility index (Phi) is 6.29. The van der Waals surface area contributed by atoms with E-state index in [1.807, 2.05) is 36.9 Å². The summed E-state index contributed by atoms with van der Waals surface area (Å²) in [6, 6.07) is 16.8. The van der Waals surface area contributed by atoms with Gasteiger partial charge < -0.3 is 19.7 Å². The molecule has 0 radical (unpaired) electrons. The maximum Gasteiger partial charge on any atom is 0.276 e. The molecule has 0 aliphatic heterocycles. The topological polar surface area (TPSA) is 76.6 Å². The Morgan fingerprint density at radius 3 is 2.48 bits per heavy atom. The van der Waals surface area contributed by atoms with Crippen LogP contribution in [0.1, 0.15) is 23.0 Å². The molecule has 0 atom stereocenters. The van der Waals surface area contributed by atoms with E-state index >= 15 is 0 Å². The number of hydrogen-bond acceptors (Lipinski definition) is 6. The van der Waals surface area contributed by atoms with Gasteiger partial charge in [0.05, 0.1) is 19.9 Å². The second kappa shape index (κ2) is 9.05. The van der Waals surface area contributed by atoms with Gasteiger partial charge in [0.1, 0.15) is 11.5 Å². The number of aromatic nitrogens is 2. The molecule has 3 rings (SSSR count). The molecule has 0 saturated heterocycles. The zero-order valence-electron chi connectivity index (χ0n) is 17.0. The molecule has 0 bridgehead atoms.